The summed E-state index contributed by atoms with van der Waals surface area (Å²) in [5, 5.41) is 2.95. The van der Waals surface area contributed by atoms with Gasteiger partial charge in [0.1, 0.15) is 0 Å². The van der Waals surface area contributed by atoms with Gasteiger partial charge in [-0.25, -0.2) is 0 Å². The van der Waals surface area contributed by atoms with Crippen LogP contribution in [0.4, 0.5) is 0 Å². The molecule has 0 unspecified atom stereocenters. The highest BCUT2D eigenvalue weighted by molar-refractivity contribution is 5.94. The van der Waals surface area contributed by atoms with E-state index in [-0.39, 0.29) is 12.7 Å². The van der Waals surface area contributed by atoms with Crippen LogP contribution in [0, 0.1) is 13.8 Å². The molecule has 0 bridgehead atoms. The van der Waals surface area contributed by atoms with E-state index in [1.54, 1.807) is 18.2 Å². The highest BCUT2D eigenvalue weighted by Crippen LogP contribution is 2.32. The minimum absolute atomic E-state index is 0.0939. The van der Waals surface area contributed by atoms with Crippen molar-refractivity contribution in [3.8, 4) is 11.5 Å². The number of aromatic nitrogens is 1. The maximum absolute atomic E-state index is 12.2. The Morgan fingerprint density at radius 2 is 2.00 bits per heavy atom. The van der Waals surface area contributed by atoms with Gasteiger partial charge in [0.05, 0.1) is 0 Å². The highest BCUT2D eigenvalue weighted by Gasteiger charge is 2.16. The van der Waals surface area contributed by atoms with Gasteiger partial charge in [0.15, 0.2) is 11.5 Å². The molecule has 1 N–H and O–H groups in total. The third kappa shape index (κ3) is 2.66. The van der Waals surface area contributed by atoms with E-state index >= 15 is 0 Å². The van der Waals surface area contributed by atoms with Gasteiger partial charge in [-0.3, -0.25) is 4.79 Å². The third-order valence-electron chi connectivity index (χ3n) is 4.19. The minimum atomic E-state index is -0.0939. The molecule has 0 saturated carbocycles. The molecule has 0 aliphatic carbocycles. The van der Waals surface area contributed by atoms with Crippen molar-refractivity contribution in [2.45, 2.75) is 20.3 Å². The number of benzene rings is 1. The summed E-state index contributed by atoms with van der Waals surface area (Å²) in [5.74, 6) is 1.22. The van der Waals surface area contributed by atoms with Crippen LogP contribution in [0.5, 0.6) is 11.5 Å². The topological polar surface area (TPSA) is 52.5 Å². The summed E-state index contributed by atoms with van der Waals surface area (Å²) in [6, 6.07) is 7.40. The molecule has 0 spiro atoms. The summed E-state index contributed by atoms with van der Waals surface area (Å²) in [7, 11) is 2.05. The lowest BCUT2D eigenvalue weighted by atomic mass is 10.1. The highest BCUT2D eigenvalue weighted by atomic mass is 16.7. The van der Waals surface area contributed by atoms with Crippen molar-refractivity contribution in [3.63, 3.8) is 0 Å². The van der Waals surface area contributed by atoms with Crippen LogP contribution in [0.2, 0.25) is 0 Å². The number of hydrogen-bond acceptors (Lipinski definition) is 3. The van der Waals surface area contributed by atoms with Crippen molar-refractivity contribution in [1.82, 2.24) is 9.88 Å². The number of aryl methyl sites for hydroxylation is 1. The fourth-order valence-corrected chi connectivity index (χ4v) is 2.64. The molecular weight excluding hydrogens is 280 g/mol. The van der Waals surface area contributed by atoms with Crippen molar-refractivity contribution >= 4 is 5.91 Å². The van der Waals surface area contributed by atoms with Crippen LogP contribution < -0.4 is 14.8 Å². The predicted octanol–water partition coefficient (Wildman–Crippen LogP) is 2.34. The first-order valence-electron chi connectivity index (χ1n) is 7.36. The molecule has 1 amide bonds. The van der Waals surface area contributed by atoms with Crippen molar-refractivity contribution in [3.05, 3.63) is 46.8 Å². The molecule has 0 saturated heterocycles. The fourth-order valence-electron chi connectivity index (χ4n) is 2.64. The second-order valence-corrected chi connectivity index (χ2v) is 5.53. The quantitative estimate of drug-likeness (QED) is 0.943. The predicted molar refractivity (Wildman–Crippen MR) is 83.5 cm³/mol. The molecule has 0 atom stereocenters. The summed E-state index contributed by atoms with van der Waals surface area (Å²) in [5.41, 5.74) is 4.33. The first kappa shape index (κ1) is 14.5. The largest absolute Gasteiger partial charge is 0.454 e. The molecule has 1 aromatic carbocycles. The van der Waals surface area contributed by atoms with Gasteiger partial charge in [-0.15, -0.1) is 0 Å². The van der Waals surface area contributed by atoms with Crippen LogP contribution in [0.1, 0.15) is 27.3 Å². The third-order valence-corrected chi connectivity index (χ3v) is 4.19. The van der Waals surface area contributed by atoms with Crippen molar-refractivity contribution < 1.29 is 14.3 Å². The van der Waals surface area contributed by atoms with Crippen LogP contribution in [0.3, 0.4) is 0 Å². The zero-order valence-electron chi connectivity index (χ0n) is 13.1. The Bertz CT molecular complexity index is 719. The molecule has 116 valence electrons. The Balaban J connectivity index is 1.59. The first-order valence-corrected chi connectivity index (χ1v) is 7.36. The summed E-state index contributed by atoms with van der Waals surface area (Å²) in [6.07, 6.45) is 0.823. The van der Waals surface area contributed by atoms with E-state index in [9.17, 15) is 4.79 Å². The summed E-state index contributed by atoms with van der Waals surface area (Å²) in [6.45, 7) is 5.01. The average Bonchev–Trinajstić information content (AvgIpc) is 3.07. The maximum atomic E-state index is 12.2. The van der Waals surface area contributed by atoms with E-state index in [0.717, 1.165) is 6.42 Å². The Kier molecular flexibility index (Phi) is 3.79. The van der Waals surface area contributed by atoms with E-state index < -0.39 is 0 Å². The lowest BCUT2D eigenvalue weighted by molar-refractivity contribution is 0.0953. The Morgan fingerprint density at radius 1 is 1.23 bits per heavy atom. The molecule has 5 nitrogen and oxygen atoms in total. The molecule has 5 heteroatoms. The molecule has 0 radical (unpaired) electrons. The van der Waals surface area contributed by atoms with Crippen molar-refractivity contribution in [1.29, 1.82) is 0 Å². The summed E-state index contributed by atoms with van der Waals surface area (Å²) in [4.78, 5) is 12.2. The van der Waals surface area contributed by atoms with Gasteiger partial charge >= 0.3 is 0 Å². The number of nitrogens with zero attached hydrogens (tertiary/aromatic N) is 1. The number of rotatable bonds is 4. The Hall–Kier alpha value is -2.43. The SMILES string of the molecule is Cc1cc(CCNC(=O)c2ccc3c(c2)OCO3)c(C)n1C. The summed E-state index contributed by atoms with van der Waals surface area (Å²) < 4.78 is 12.7. The standard InChI is InChI=1S/C17H20N2O3/c1-11-8-13(12(2)19(11)3)6-7-18-17(20)14-4-5-15-16(9-14)22-10-21-15/h4-5,8-9H,6-7,10H2,1-3H3,(H,18,20). The second-order valence-electron chi connectivity index (χ2n) is 5.53. The van der Waals surface area contributed by atoms with Gasteiger partial charge in [0.25, 0.3) is 5.91 Å². The fraction of sp³-hybridized carbons (Fsp3) is 0.353. The van der Waals surface area contributed by atoms with E-state index in [1.165, 1.54) is 17.0 Å². The van der Waals surface area contributed by atoms with Gasteiger partial charge in [0, 0.05) is 30.5 Å². The zero-order chi connectivity index (χ0) is 15.7. The number of carbonyl (C=O) groups is 1. The van der Waals surface area contributed by atoms with Gasteiger partial charge < -0.3 is 19.4 Å². The molecule has 1 aromatic heterocycles. The van der Waals surface area contributed by atoms with Crippen molar-refractivity contribution in [2.24, 2.45) is 7.05 Å². The number of carbonyl (C=O) groups excluding carboxylic acids is 1. The lowest BCUT2D eigenvalue weighted by Gasteiger charge is -2.06. The molecule has 22 heavy (non-hydrogen) atoms. The molecule has 1 aliphatic heterocycles. The van der Waals surface area contributed by atoms with E-state index in [0.29, 0.717) is 23.6 Å². The monoisotopic (exact) mass is 300 g/mol. The number of hydrogen-bond donors (Lipinski definition) is 1. The molecule has 3 rings (SSSR count). The Morgan fingerprint density at radius 3 is 2.73 bits per heavy atom. The van der Waals surface area contributed by atoms with Gasteiger partial charge in [-0.2, -0.15) is 0 Å². The number of nitrogens with one attached hydrogen (secondary N) is 1. The molecule has 2 aromatic rings. The normalized spacial score (nSPS) is 12.5. The van der Waals surface area contributed by atoms with Crippen LogP contribution >= 0.6 is 0 Å². The maximum Gasteiger partial charge on any atom is 0.251 e. The van der Waals surface area contributed by atoms with Crippen LogP contribution in [0.15, 0.2) is 24.3 Å². The zero-order valence-corrected chi connectivity index (χ0v) is 13.1. The number of amides is 1. The molecule has 0 fully saturated rings. The number of ether oxygens (including phenoxy) is 2. The molecular formula is C17H20N2O3. The first-order chi connectivity index (χ1) is 10.6. The molecule has 1 aliphatic rings. The lowest BCUT2D eigenvalue weighted by Crippen LogP contribution is -2.25. The van der Waals surface area contributed by atoms with E-state index in [4.69, 9.17) is 9.47 Å². The van der Waals surface area contributed by atoms with Crippen LogP contribution in [-0.2, 0) is 13.5 Å². The Labute approximate surface area is 129 Å². The van der Waals surface area contributed by atoms with E-state index in [1.807, 2.05) is 0 Å². The second kappa shape index (κ2) is 5.75. The number of fused-ring (bicyclic) bond motifs is 1. The van der Waals surface area contributed by atoms with E-state index in [2.05, 4.69) is 36.8 Å². The van der Waals surface area contributed by atoms with Gasteiger partial charge in [-0.05, 0) is 50.1 Å². The minimum Gasteiger partial charge on any atom is -0.454 e. The average molecular weight is 300 g/mol. The van der Waals surface area contributed by atoms with Crippen molar-refractivity contribution in [2.75, 3.05) is 13.3 Å². The van der Waals surface area contributed by atoms with Crippen LogP contribution in [-0.4, -0.2) is 23.8 Å². The van der Waals surface area contributed by atoms with Gasteiger partial charge in [-0.1, -0.05) is 0 Å². The van der Waals surface area contributed by atoms with Gasteiger partial charge in [0.2, 0.25) is 6.79 Å². The smallest absolute Gasteiger partial charge is 0.251 e. The van der Waals surface area contributed by atoms with Crippen LogP contribution in [0.25, 0.3) is 0 Å². The molecule has 2 heterocycles. The summed E-state index contributed by atoms with van der Waals surface area (Å²) >= 11 is 0.